The maximum Gasteiger partial charge on any atom is 0.307 e. The summed E-state index contributed by atoms with van der Waals surface area (Å²) in [4.78, 5) is 26.6. The second kappa shape index (κ2) is 4.99. The fourth-order valence-corrected chi connectivity index (χ4v) is 2.06. The van der Waals surface area contributed by atoms with Crippen molar-refractivity contribution in [2.24, 2.45) is 11.8 Å². The van der Waals surface area contributed by atoms with Gasteiger partial charge >= 0.3 is 5.97 Å². The number of amides is 1. The molecule has 2 unspecified atom stereocenters. The van der Waals surface area contributed by atoms with Crippen molar-refractivity contribution < 1.29 is 14.7 Å². The number of carbonyl (C=O) groups excluding carboxylic acids is 1. The van der Waals surface area contributed by atoms with E-state index < -0.39 is 11.9 Å². The first kappa shape index (κ1) is 13.5. The zero-order chi connectivity index (χ0) is 14.0. The van der Waals surface area contributed by atoms with Crippen molar-refractivity contribution in [3.05, 3.63) is 30.1 Å². The second-order valence-electron chi connectivity index (χ2n) is 5.63. The number of hydrogen-bond acceptors (Lipinski definition) is 3. The molecule has 2 rings (SSSR count). The molecular weight excluding hydrogens is 244 g/mol. The van der Waals surface area contributed by atoms with Gasteiger partial charge in [-0.1, -0.05) is 19.9 Å². The minimum atomic E-state index is -0.883. The molecule has 2 atom stereocenters. The molecule has 0 radical (unpaired) electrons. The molecule has 0 aliphatic heterocycles. The van der Waals surface area contributed by atoms with Crippen LogP contribution in [0.5, 0.6) is 0 Å². The van der Waals surface area contributed by atoms with Gasteiger partial charge in [0.25, 0.3) is 0 Å². The van der Waals surface area contributed by atoms with Gasteiger partial charge in [0.15, 0.2) is 0 Å². The quantitative estimate of drug-likeness (QED) is 0.835. The molecule has 1 fully saturated rings. The van der Waals surface area contributed by atoms with Crippen molar-refractivity contribution >= 4 is 11.9 Å². The predicted molar refractivity (Wildman–Crippen MR) is 69.5 cm³/mol. The van der Waals surface area contributed by atoms with Crippen molar-refractivity contribution in [3.8, 4) is 0 Å². The number of aromatic nitrogens is 1. The van der Waals surface area contributed by atoms with E-state index in [1.165, 1.54) is 0 Å². The number of carboxylic acid groups (broad SMARTS) is 1. The van der Waals surface area contributed by atoms with Crippen LogP contribution in [0.1, 0.15) is 25.8 Å². The average molecular weight is 262 g/mol. The van der Waals surface area contributed by atoms with Gasteiger partial charge in [0, 0.05) is 24.4 Å². The Morgan fingerprint density at radius 2 is 2.21 bits per heavy atom. The lowest BCUT2D eigenvalue weighted by Crippen LogP contribution is -2.37. The van der Waals surface area contributed by atoms with Crippen LogP contribution in [0.25, 0.3) is 0 Å². The van der Waals surface area contributed by atoms with Gasteiger partial charge in [-0.25, -0.2) is 0 Å². The molecule has 5 nitrogen and oxygen atoms in total. The molecule has 1 amide bonds. The lowest BCUT2D eigenvalue weighted by molar-refractivity contribution is -0.140. The van der Waals surface area contributed by atoms with Gasteiger partial charge < -0.3 is 10.4 Å². The van der Waals surface area contributed by atoms with Crippen molar-refractivity contribution in [3.63, 3.8) is 0 Å². The summed E-state index contributed by atoms with van der Waals surface area (Å²) < 4.78 is 0. The maximum absolute atomic E-state index is 11.8. The normalized spacial score (nSPS) is 21.8. The third-order valence-electron chi connectivity index (χ3n) is 3.59. The molecule has 1 aromatic rings. The summed E-state index contributed by atoms with van der Waals surface area (Å²) in [7, 11) is 0. The Morgan fingerprint density at radius 1 is 1.47 bits per heavy atom. The van der Waals surface area contributed by atoms with Crippen LogP contribution >= 0.6 is 0 Å². The van der Waals surface area contributed by atoms with Gasteiger partial charge in [-0.2, -0.15) is 0 Å². The third kappa shape index (κ3) is 3.10. The monoisotopic (exact) mass is 262 g/mol. The Kier molecular flexibility index (Phi) is 3.55. The number of aliphatic carboxylic acids is 1. The Hall–Kier alpha value is -1.91. The molecule has 1 heterocycles. The van der Waals surface area contributed by atoms with E-state index in [2.05, 4.69) is 10.3 Å². The SMILES string of the molecule is CC(C)(CNC(=O)C1CC1C(=O)O)c1cccnc1. The number of rotatable bonds is 5. The van der Waals surface area contributed by atoms with Gasteiger partial charge in [-0.15, -0.1) is 0 Å². The molecule has 102 valence electrons. The van der Waals surface area contributed by atoms with Crippen LogP contribution in [0.4, 0.5) is 0 Å². The fourth-order valence-electron chi connectivity index (χ4n) is 2.06. The molecule has 0 spiro atoms. The van der Waals surface area contributed by atoms with E-state index >= 15 is 0 Å². The molecule has 2 N–H and O–H groups in total. The van der Waals surface area contributed by atoms with Crippen molar-refractivity contribution in [1.82, 2.24) is 10.3 Å². The van der Waals surface area contributed by atoms with Crippen molar-refractivity contribution in [1.29, 1.82) is 0 Å². The lowest BCUT2D eigenvalue weighted by atomic mass is 9.85. The molecule has 5 heteroatoms. The van der Waals surface area contributed by atoms with Crippen LogP contribution in [0.2, 0.25) is 0 Å². The molecule has 0 saturated heterocycles. The highest BCUT2D eigenvalue weighted by atomic mass is 16.4. The number of carboxylic acids is 1. The molecule has 19 heavy (non-hydrogen) atoms. The Balaban J connectivity index is 1.89. The van der Waals surface area contributed by atoms with E-state index in [0.717, 1.165) is 5.56 Å². The molecule has 1 aromatic heterocycles. The lowest BCUT2D eigenvalue weighted by Gasteiger charge is -2.25. The van der Waals surface area contributed by atoms with E-state index in [1.54, 1.807) is 12.4 Å². The second-order valence-corrected chi connectivity index (χ2v) is 5.63. The number of hydrogen-bond donors (Lipinski definition) is 2. The zero-order valence-corrected chi connectivity index (χ0v) is 11.1. The molecular formula is C14H18N2O3. The summed E-state index contributed by atoms with van der Waals surface area (Å²) in [6.07, 6.45) is 3.94. The van der Waals surface area contributed by atoms with Gasteiger partial charge in [-0.3, -0.25) is 14.6 Å². The van der Waals surface area contributed by atoms with Crippen molar-refractivity contribution in [2.75, 3.05) is 6.54 Å². The van der Waals surface area contributed by atoms with Crippen molar-refractivity contribution in [2.45, 2.75) is 25.7 Å². The first-order valence-electron chi connectivity index (χ1n) is 6.33. The van der Waals surface area contributed by atoms with Gasteiger partial charge in [0.1, 0.15) is 0 Å². The summed E-state index contributed by atoms with van der Waals surface area (Å²) in [6.45, 7) is 4.51. The van der Waals surface area contributed by atoms with E-state index in [4.69, 9.17) is 5.11 Å². The summed E-state index contributed by atoms with van der Waals surface area (Å²) >= 11 is 0. The van der Waals surface area contributed by atoms with Crippen LogP contribution in [-0.4, -0.2) is 28.5 Å². The number of nitrogens with one attached hydrogen (secondary N) is 1. The van der Waals surface area contributed by atoms with E-state index in [9.17, 15) is 9.59 Å². The van der Waals surface area contributed by atoms with Gasteiger partial charge in [0.2, 0.25) is 5.91 Å². The number of carbonyl (C=O) groups is 2. The third-order valence-corrected chi connectivity index (χ3v) is 3.59. The maximum atomic E-state index is 11.8. The highest BCUT2D eigenvalue weighted by Crippen LogP contribution is 2.38. The summed E-state index contributed by atoms with van der Waals surface area (Å²) in [6, 6.07) is 3.83. The highest BCUT2D eigenvalue weighted by Gasteiger charge is 2.48. The predicted octanol–water partition coefficient (Wildman–Crippen LogP) is 1.20. The molecule has 1 aliphatic carbocycles. The fraction of sp³-hybridized carbons (Fsp3) is 0.500. The standard InChI is InChI=1S/C14H18N2O3/c1-14(2,9-4-3-5-15-7-9)8-16-12(17)10-6-11(10)13(18)19/h3-5,7,10-11H,6,8H2,1-2H3,(H,16,17)(H,18,19). The molecule has 0 aromatic carbocycles. The van der Waals surface area contributed by atoms with E-state index in [1.807, 2.05) is 26.0 Å². The van der Waals surface area contributed by atoms with Crippen LogP contribution in [-0.2, 0) is 15.0 Å². The smallest absolute Gasteiger partial charge is 0.307 e. The Morgan fingerprint density at radius 3 is 2.74 bits per heavy atom. The van der Waals surface area contributed by atoms with Gasteiger partial charge in [-0.05, 0) is 18.1 Å². The van der Waals surface area contributed by atoms with Crippen LogP contribution < -0.4 is 5.32 Å². The molecule has 1 saturated carbocycles. The largest absolute Gasteiger partial charge is 0.481 e. The number of nitrogens with zero attached hydrogens (tertiary/aromatic N) is 1. The first-order valence-corrected chi connectivity index (χ1v) is 6.33. The highest BCUT2D eigenvalue weighted by molar-refractivity contribution is 5.89. The van der Waals surface area contributed by atoms with Gasteiger partial charge in [0.05, 0.1) is 11.8 Å². The van der Waals surface area contributed by atoms with E-state index in [-0.39, 0.29) is 17.2 Å². The van der Waals surface area contributed by atoms with Crippen LogP contribution in [0, 0.1) is 11.8 Å². The molecule has 1 aliphatic rings. The minimum Gasteiger partial charge on any atom is -0.481 e. The van der Waals surface area contributed by atoms with E-state index in [0.29, 0.717) is 13.0 Å². The average Bonchev–Trinajstić information content (AvgIpc) is 3.17. The first-order chi connectivity index (χ1) is 8.92. The summed E-state index contributed by atoms with van der Waals surface area (Å²) in [5.74, 6) is -1.90. The minimum absolute atomic E-state index is 0.163. The molecule has 0 bridgehead atoms. The van der Waals surface area contributed by atoms with Crippen LogP contribution in [0.15, 0.2) is 24.5 Å². The topological polar surface area (TPSA) is 79.3 Å². The number of pyridine rings is 1. The zero-order valence-electron chi connectivity index (χ0n) is 11.1. The van der Waals surface area contributed by atoms with Crippen LogP contribution in [0.3, 0.4) is 0 Å². The Bertz CT molecular complexity index is 485. The summed E-state index contributed by atoms with van der Waals surface area (Å²) in [5.41, 5.74) is 0.818. The summed E-state index contributed by atoms with van der Waals surface area (Å²) in [5, 5.41) is 11.6. The Labute approximate surface area is 112 Å².